The molecule has 3 heterocycles. The van der Waals surface area contributed by atoms with Gasteiger partial charge in [0.2, 0.25) is 0 Å². The number of aromatic nitrogens is 4. The van der Waals surface area contributed by atoms with E-state index in [0.29, 0.717) is 12.4 Å². The molecule has 2 aromatic carbocycles. The highest BCUT2D eigenvalue weighted by atomic mass is 32.1. The van der Waals surface area contributed by atoms with Gasteiger partial charge in [0.05, 0.1) is 5.39 Å². The molecule has 6 nitrogen and oxygen atoms in total. The molecule has 0 amide bonds. The molecule has 1 N–H and O–H groups in total. The Balaban J connectivity index is 1.76. The maximum atomic E-state index is 5.24. The normalized spacial score (nSPS) is 11.2. The Hall–Kier alpha value is -3.55. The molecule has 0 unspecified atom stereocenters. The van der Waals surface area contributed by atoms with Gasteiger partial charge in [0.15, 0.2) is 11.6 Å². The van der Waals surface area contributed by atoms with Gasteiger partial charge in [-0.15, -0.1) is 11.3 Å². The highest BCUT2D eigenvalue weighted by molar-refractivity contribution is 7.22. The summed E-state index contributed by atoms with van der Waals surface area (Å²) in [6.07, 6.45) is 4.57. The van der Waals surface area contributed by atoms with Gasteiger partial charge < -0.3 is 14.6 Å². The third-order valence-corrected chi connectivity index (χ3v) is 6.62. The van der Waals surface area contributed by atoms with Crippen molar-refractivity contribution in [2.75, 3.05) is 25.6 Å². The molecular weight excluding hydrogens is 430 g/mol. The van der Waals surface area contributed by atoms with Crippen molar-refractivity contribution in [1.29, 1.82) is 0 Å². The topological polar surface area (TPSA) is 64.9 Å². The second kappa shape index (κ2) is 9.52. The summed E-state index contributed by atoms with van der Waals surface area (Å²) in [4.78, 5) is 16.5. The fraction of sp³-hybridized carbons (Fsp3) is 0.192. The van der Waals surface area contributed by atoms with Crippen molar-refractivity contribution in [2.24, 2.45) is 7.05 Å². The molecule has 0 saturated heterocycles. The smallest absolute Gasteiger partial charge is 0.199 e. The van der Waals surface area contributed by atoms with E-state index in [-0.39, 0.29) is 0 Å². The van der Waals surface area contributed by atoms with Crippen molar-refractivity contribution in [3.8, 4) is 33.2 Å². The van der Waals surface area contributed by atoms with E-state index in [1.807, 2.05) is 29.9 Å². The molecule has 33 heavy (non-hydrogen) atoms. The second-order valence-corrected chi connectivity index (χ2v) is 8.75. The van der Waals surface area contributed by atoms with E-state index in [0.717, 1.165) is 46.0 Å². The number of thiophene rings is 1. The average Bonchev–Trinajstić information content (AvgIpc) is 3.46. The van der Waals surface area contributed by atoms with Crippen LogP contribution < -0.4 is 5.32 Å². The zero-order valence-corrected chi connectivity index (χ0v) is 19.5. The molecule has 0 aliphatic carbocycles. The third kappa shape index (κ3) is 4.25. The van der Waals surface area contributed by atoms with Crippen LogP contribution in [0.5, 0.6) is 0 Å². The summed E-state index contributed by atoms with van der Waals surface area (Å²) in [7, 11) is 3.68. The number of nitrogens with one attached hydrogen (secondary N) is 1. The van der Waals surface area contributed by atoms with Gasteiger partial charge in [0.1, 0.15) is 10.6 Å². The van der Waals surface area contributed by atoms with Crippen LogP contribution in [0.3, 0.4) is 0 Å². The Morgan fingerprint density at radius 2 is 1.70 bits per heavy atom. The molecule has 0 fully saturated rings. The maximum absolute atomic E-state index is 5.24. The maximum Gasteiger partial charge on any atom is 0.199 e. The number of fused-ring (bicyclic) bond motifs is 1. The number of methoxy groups -OCH3 is 1. The predicted molar refractivity (Wildman–Crippen MR) is 135 cm³/mol. The fourth-order valence-corrected chi connectivity index (χ4v) is 5.11. The lowest BCUT2D eigenvalue weighted by atomic mass is 9.99. The molecule has 0 spiro atoms. The SMILES string of the molecule is COCCCNc1nc(-c2nccn2C)nc2sc(-c3ccccc3)c(-c3ccccc3)c12. The standard InChI is InChI=1S/C26H25N5OS/c1-31-16-15-28-25(31)24-29-23(27-14-9-17-32-2)21-20(18-10-5-3-6-11-18)22(33-26(21)30-24)19-12-7-4-8-13-19/h3-8,10-13,15-16H,9,14,17H2,1-2H3,(H,27,29,30). The molecule has 0 bridgehead atoms. The number of ether oxygens (including phenoxy) is 1. The van der Waals surface area contributed by atoms with Crippen LogP contribution in [0.1, 0.15) is 6.42 Å². The number of nitrogens with zero attached hydrogens (tertiary/aromatic N) is 4. The Labute approximate surface area is 196 Å². The number of hydrogen-bond donors (Lipinski definition) is 1. The van der Waals surface area contributed by atoms with E-state index < -0.39 is 0 Å². The lowest BCUT2D eigenvalue weighted by Gasteiger charge is -2.11. The first kappa shape index (κ1) is 21.3. The highest BCUT2D eigenvalue weighted by Gasteiger charge is 2.22. The minimum atomic E-state index is 0.615. The van der Waals surface area contributed by atoms with Crippen LogP contribution in [-0.2, 0) is 11.8 Å². The van der Waals surface area contributed by atoms with Crippen LogP contribution in [0, 0.1) is 0 Å². The van der Waals surface area contributed by atoms with Gasteiger partial charge >= 0.3 is 0 Å². The van der Waals surface area contributed by atoms with Gasteiger partial charge in [-0.05, 0) is 17.5 Å². The minimum absolute atomic E-state index is 0.615. The van der Waals surface area contributed by atoms with Crippen LogP contribution >= 0.6 is 11.3 Å². The summed E-state index contributed by atoms with van der Waals surface area (Å²) >= 11 is 1.69. The number of anilines is 1. The summed E-state index contributed by atoms with van der Waals surface area (Å²) in [5, 5.41) is 4.60. The molecule has 5 aromatic rings. The Morgan fingerprint density at radius 3 is 2.36 bits per heavy atom. The number of hydrogen-bond acceptors (Lipinski definition) is 6. The first-order valence-electron chi connectivity index (χ1n) is 10.9. The quantitative estimate of drug-likeness (QED) is 0.296. The van der Waals surface area contributed by atoms with E-state index in [1.165, 1.54) is 10.4 Å². The van der Waals surface area contributed by atoms with Crippen LogP contribution in [-0.4, -0.2) is 39.8 Å². The Kier molecular flexibility index (Phi) is 6.15. The van der Waals surface area contributed by atoms with Gasteiger partial charge in [-0.1, -0.05) is 60.7 Å². The second-order valence-electron chi connectivity index (χ2n) is 7.75. The van der Waals surface area contributed by atoms with Crippen molar-refractivity contribution in [3.05, 3.63) is 73.1 Å². The van der Waals surface area contributed by atoms with E-state index in [4.69, 9.17) is 14.7 Å². The van der Waals surface area contributed by atoms with E-state index in [1.54, 1.807) is 24.6 Å². The molecule has 0 atom stereocenters. The van der Waals surface area contributed by atoms with Gasteiger partial charge in [0, 0.05) is 50.1 Å². The Bertz CT molecular complexity index is 1360. The fourth-order valence-electron chi connectivity index (χ4n) is 3.91. The Morgan fingerprint density at radius 1 is 0.970 bits per heavy atom. The average molecular weight is 456 g/mol. The summed E-state index contributed by atoms with van der Waals surface area (Å²) in [6, 6.07) is 21.0. The van der Waals surface area contributed by atoms with Crippen LogP contribution in [0.15, 0.2) is 73.1 Å². The molecule has 166 valence electrons. The summed E-state index contributed by atoms with van der Waals surface area (Å²) in [5.41, 5.74) is 3.47. The van der Waals surface area contributed by atoms with E-state index in [2.05, 4.69) is 58.8 Å². The molecule has 0 aliphatic heterocycles. The molecule has 0 saturated carbocycles. The minimum Gasteiger partial charge on any atom is -0.385 e. The summed E-state index contributed by atoms with van der Waals surface area (Å²) in [5.74, 6) is 2.18. The first-order chi connectivity index (χ1) is 16.3. The zero-order chi connectivity index (χ0) is 22.6. The van der Waals surface area contributed by atoms with Crippen molar-refractivity contribution < 1.29 is 4.74 Å². The molecule has 5 rings (SSSR count). The molecule has 3 aromatic heterocycles. The molecular formula is C26H25N5OS. The predicted octanol–water partition coefficient (Wildman–Crippen LogP) is 5.87. The van der Waals surface area contributed by atoms with Gasteiger partial charge in [-0.25, -0.2) is 15.0 Å². The lowest BCUT2D eigenvalue weighted by Crippen LogP contribution is -2.08. The molecule has 0 aliphatic rings. The van der Waals surface area contributed by atoms with Crippen molar-refractivity contribution in [2.45, 2.75) is 6.42 Å². The van der Waals surface area contributed by atoms with Gasteiger partial charge in [-0.2, -0.15) is 0 Å². The lowest BCUT2D eigenvalue weighted by molar-refractivity contribution is 0.198. The number of rotatable bonds is 8. The first-order valence-corrected chi connectivity index (χ1v) is 11.7. The van der Waals surface area contributed by atoms with Crippen molar-refractivity contribution >= 4 is 27.4 Å². The monoisotopic (exact) mass is 455 g/mol. The largest absolute Gasteiger partial charge is 0.385 e. The molecule has 7 heteroatoms. The molecule has 0 radical (unpaired) electrons. The highest BCUT2D eigenvalue weighted by Crippen LogP contribution is 2.46. The van der Waals surface area contributed by atoms with Crippen LogP contribution in [0.2, 0.25) is 0 Å². The van der Waals surface area contributed by atoms with Crippen LogP contribution in [0.4, 0.5) is 5.82 Å². The van der Waals surface area contributed by atoms with Crippen molar-refractivity contribution in [1.82, 2.24) is 19.5 Å². The third-order valence-electron chi connectivity index (χ3n) is 5.49. The van der Waals surface area contributed by atoms with Gasteiger partial charge in [-0.3, -0.25) is 0 Å². The summed E-state index contributed by atoms with van der Waals surface area (Å²) in [6.45, 7) is 1.45. The van der Waals surface area contributed by atoms with E-state index >= 15 is 0 Å². The summed E-state index contributed by atoms with van der Waals surface area (Å²) < 4.78 is 7.18. The van der Waals surface area contributed by atoms with Crippen LogP contribution in [0.25, 0.3) is 43.4 Å². The van der Waals surface area contributed by atoms with Crippen molar-refractivity contribution in [3.63, 3.8) is 0 Å². The number of benzene rings is 2. The zero-order valence-electron chi connectivity index (χ0n) is 18.7. The van der Waals surface area contributed by atoms with E-state index in [9.17, 15) is 0 Å². The number of aryl methyl sites for hydroxylation is 1. The van der Waals surface area contributed by atoms with Gasteiger partial charge in [0.25, 0.3) is 0 Å². The number of imidazole rings is 1.